The SMILES string of the molecule is Cc1ccc(S(=O)(=O)N(C)[C@@H](Cc2cc(C)ccc2C)C(=O)O)cc1. The molecule has 2 rings (SSSR count). The van der Waals surface area contributed by atoms with E-state index in [-0.39, 0.29) is 11.3 Å². The molecule has 134 valence electrons. The molecule has 5 nitrogen and oxygen atoms in total. The molecule has 0 radical (unpaired) electrons. The van der Waals surface area contributed by atoms with E-state index in [2.05, 4.69) is 0 Å². The minimum atomic E-state index is -3.89. The highest BCUT2D eigenvalue weighted by Gasteiger charge is 2.33. The smallest absolute Gasteiger partial charge is 0.322 e. The fraction of sp³-hybridized carbons (Fsp3) is 0.316. The minimum Gasteiger partial charge on any atom is -0.480 e. The first kappa shape index (κ1) is 19.1. The van der Waals surface area contributed by atoms with Crippen LogP contribution < -0.4 is 0 Å². The number of likely N-dealkylation sites (N-methyl/N-ethyl adjacent to an activating group) is 1. The van der Waals surface area contributed by atoms with Crippen molar-refractivity contribution in [3.8, 4) is 0 Å². The number of carboxylic acid groups (broad SMARTS) is 1. The Morgan fingerprint density at radius 1 is 1.04 bits per heavy atom. The van der Waals surface area contributed by atoms with Gasteiger partial charge in [0.2, 0.25) is 10.0 Å². The molecule has 1 N–H and O–H groups in total. The number of hydrogen-bond acceptors (Lipinski definition) is 3. The summed E-state index contributed by atoms with van der Waals surface area (Å²) < 4.78 is 26.5. The van der Waals surface area contributed by atoms with E-state index in [1.54, 1.807) is 12.1 Å². The Hall–Kier alpha value is -2.18. The van der Waals surface area contributed by atoms with Crippen LogP contribution in [0.4, 0.5) is 0 Å². The maximum absolute atomic E-state index is 12.8. The number of hydrogen-bond donors (Lipinski definition) is 1. The van der Waals surface area contributed by atoms with Gasteiger partial charge in [0.25, 0.3) is 0 Å². The lowest BCUT2D eigenvalue weighted by atomic mass is 9.99. The molecule has 2 aromatic carbocycles. The third-order valence-electron chi connectivity index (χ3n) is 4.34. The van der Waals surface area contributed by atoms with E-state index in [9.17, 15) is 18.3 Å². The summed E-state index contributed by atoms with van der Waals surface area (Å²) >= 11 is 0. The molecule has 25 heavy (non-hydrogen) atoms. The highest BCUT2D eigenvalue weighted by atomic mass is 32.2. The monoisotopic (exact) mass is 361 g/mol. The zero-order chi connectivity index (χ0) is 18.8. The molecule has 0 aromatic heterocycles. The van der Waals surface area contributed by atoms with Crippen LogP contribution in [0.3, 0.4) is 0 Å². The van der Waals surface area contributed by atoms with Crippen molar-refractivity contribution >= 4 is 16.0 Å². The highest BCUT2D eigenvalue weighted by molar-refractivity contribution is 7.89. The molecular weight excluding hydrogens is 338 g/mol. The Labute approximate surface area is 149 Å². The van der Waals surface area contributed by atoms with E-state index in [0.29, 0.717) is 0 Å². The second kappa shape index (κ2) is 7.37. The number of sulfonamides is 1. The zero-order valence-electron chi connectivity index (χ0n) is 14.9. The van der Waals surface area contributed by atoms with Gasteiger partial charge in [0.05, 0.1) is 4.90 Å². The van der Waals surface area contributed by atoms with Crippen molar-refractivity contribution in [3.05, 3.63) is 64.7 Å². The lowest BCUT2D eigenvalue weighted by Crippen LogP contribution is -2.43. The fourth-order valence-corrected chi connectivity index (χ4v) is 3.96. The average molecular weight is 361 g/mol. The summed E-state index contributed by atoms with van der Waals surface area (Å²) in [6.45, 7) is 5.67. The quantitative estimate of drug-likeness (QED) is 0.858. The number of aryl methyl sites for hydroxylation is 3. The first-order valence-corrected chi connectivity index (χ1v) is 9.40. The minimum absolute atomic E-state index is 0.0906. The van der Waals surface area contributed by atoms with Crippen molar-refractivity contribution in [2.75, 3.05) is 7.05 Å². The second-order valence-electron chi connectivity index (χ2n) is 6.32. The summed E-state index contributed by atoms with van der Waals surface area (Å²) in [7, 11) is -2.57. The molecule has 0 bridgehead atoms. The van der Waals surface area contributed by atoms with Crippen LogP contribution >= 0.6 is 0 Å². The van der Waals surface area contributed by atoms with Gasteiger partial charge in [-0.2, -0.15) is 4.31 Å². The van der Waals surface area contributed by atoms with Gasteiger partial charge in [-0.1, -0.05) is 41.5 Å². The number of carbonyl (C=O) groups is 1. The molecule has 2 aromatic rings. The topological polar surface area (TPSA) is 74.7 Å². The predicted octanol–water partition coefficient (Wildman–Crippen LogP) is 2.93. The van der Waals surface area contributed by atoms with Crippen LogP contribution in [0.5, 0.6) is 0 Å². The van der Waals surface area contributed by atoms with Gasteiger partial charge < -0.3 is 5.11 Å². The molecule has 0 fully saturated rings. The van der Waals surface area contributed by atoms with Gasteiger partial charge >= 0.3 is 5.97 Å². The summed E-state index contributed by atoms with van der Waals surface area (Å²) in [6, 6.07) is 11.0. The van der Waals surface area contributed by atoms with Crippen LogP contribution in [0.1, 0.15) is 22.3 Å². The van der Waals surface area contributed by atoms with Crippen LogP contribution in [-0.2, 0) is 21.2 Å². The Kier molecular flexibility index (Phi) is 5.65. The van der Waals surface area contributed by atoms with Crippen molar-refractivity contribution in [1.29, 1.82) is 0 Å². The third-order valence-corrected chi connectivity index (χ3v) is 6.22. The molecule has 6 heteroatoms. The first-order valence-electron chi connectivity index (χ1n) is 7.96. The van der Waals surface area contributed by atoms with Gasteiger partial charge in [-0.25, -0.2) is 8.42 Å². The van der Waals surface area contributed by atoms with Gasteiger partial charge in [-0.3, -0.25) is 4.79 Å². The van der Waals surface area contributed by atoms with E-state index in [1.807, 2.05) is 39.0 Å². The van der Waals surface area contributed by atoms with E-state index in [0.717, 1.165) is 26.6 Å². The van der Waals surface area contributed by atoms with Crippen molar-refractivity contribution in [1.82, 2.24) is 4.31 Å². The van der Waals surface area contributed by atoms with Gasteiger partial charge in [-0.05, 0) is 50.5 Å². The van der Waals surface area contributed by atoms with E-state index < -0.39 is 22.0 Å². The normalized spacial score (nSPS) is 13.0. The number of nitrogens with zero attached hydrogens (tertiary/aromatic N) is 1. The van der Waals surface area contributed by atoms with Crippen molar-refractivity contribution in [2.24, 2.45) is 0 Å². The molecular formula is C19H23NO4S. The molecule has 0 amide bonds. The molecule has 0 saturated carbocycles. The summed E-state index contributed by atoms with van der Waals surface area (Å²) in [5.41, 5.74) is 3.72. The third kappa shape index (κ3) is 4.27. The molecule has 0 aliphatic rings. The average Bonchev–Trinajstić information content (AvgIpc) is 2.55. The number of carboxylic acids is 1. The van der Waals surface area contributed by atoms with Crippen LogP contribution in [-0.4, -0.2) is 36.9 Å². The van der Waals surface area contributed by atoms with Gasteiger partial charge in [0.15, 0.2) is 0 Å². The largest absolute Gasteiger partial charge is 0.480 e. The van der Waals surface area contributed by atoms with Crippen molar-refractivity contribution in [2.45, 2.75) is 38.1 Å². The van der Waals surface area contributed by atoms with Gasteiger partial charge in [-0.15, -0.1) is 0 Å². The zero-order valence-corrected chi connectivity index (χ0v) is 15.7. The van der Waals surface area contributed by atoms with Gasteiger partial charge in [0.1, 0.15) is 6.04 Å². The Bertz CT molecular complexity index is 873. The standard InChI is InChI=1S/C19H23NO4S/c1-13-6-9-17(10-7-13)25(23,24)20(4)18(19(21)22)12-16-11-14(2)5-8-15(16)3/h5-11,18H,12H2,1-4H3,(H,21,22)/t18-/m0/s1. The van der Waals surface area contributed by atoms with Crippen LogP contribution in [0.25, 0.3) is 0 Å². The Morgan fingerprint density at radius 2 is 1.60 bits per heavy atom. The number of aliphatic carboxylic acids is 1. The molecule has 0 aliphatic heterocycles. The summed E-state index contributed by atoms with van der Waals surface area (Å²) in [4.78, 5) is 11.9. The maximum atomic E-state index is 12.8. The number of benzene rings is 2. The van der Waals surface area contributed by atoms with E-state index in [4.69, 9.17) is 0 Å². The second-order valence-corrected chi connectivity index (χ2v) is 8.32. The molecule has 0 spiro atoms. The predicted molar refractivity (Wildman–Crippen MR) is 97.2 cm³/mol. The summed E-state index contributed by atoms with van der Waals surface area (Å²) in [6.07, 6.45) is 0.116. The molecule has 0 heterocycles. The first-order chi connectivity index (χ1) is 11.6. The fourth-order valence-electron chi connectivity index (χ4n) is 2.64. The van der Waals surface area contributed by atoms with Crippen molar-refractivity contribution in [3.63, 3.8) is 0 Å². The van der Waals surface area contributed by atoms with E-state index >= 15 is 0 Å². The van der Waals surface area contributed by atoms with Crippen molar-refractivity contribution < 1.29 is 18.3 Å². The maximum Gasteiger partial charge on any atom is 0.322 e. The summed E-state index contributed by atoms with van der Waals surface area (Å²) in [5, 5.41) is 9.61. The van der Waals surface area contributed by atoms with Crippen LogP contribution in [0.2, 0.25) is 0 Å². The molecule has 0 saturated heterocycles. The van der Waals surface area contributed by atoms with Crippen LogP contribution in [0, 0.1) is 20.8 Å². The molecule has 0 unspecified atom stereocenters. The van der Waals surface area contributed by atoms with Crippen LogP contribution in [0.15, 0.2) is 47.4 Å². The lowest BCUT2D eigenvalue weighted by molar-refractivity contribution is -0.141. The highest BCUT2D eigenvalue weighted by Crippen LogP contribution is 2.21. The molecule has 0 aliphatic carbocycles. The molecule has 1 atom stereocenters. The number of rotatable bonds is 6. The van der Waals surface area contributed by atoms with Gasteiger partial charge in [0, 0.05) is 7.05 Å². The lowest BCUT2D eigenvalue weighted by Gasteiger charge is -2.25. The Morgan fingerprint density at radius 3 is 2.16 bits per heavy atom. The Balaban J connectivity index is 2.37. The summed E-state index contributed by atoms with van der Waals surface area (Å²) in [5.74, 6) is -1.17. The van der Waals surface area contributed by atoms with E-state index in [1.165, 1.54) is 19.2 Å².